The molecule has 2 aromatic rings. The molecule has 0 atom stereocenters. The molecule has 3 N–H and O–H groups in total. The molecule has 0 radical (unpaired) electrons. The maximum Gasteiger partial charge on any atom is 0.489 e. The van der Waals surface area contributed by atoms with Gasteiger partial charge in [-0.05, 0) is 30.9 Å². The largest absolute Gasteiger partial charge is 0.489 e. The lowest BCUT2D eigenvalue weighted by atomic mass is 9.78. The van der Waals surface area contributed by atoms with Gasteiger partial charge in [-0.1, -0.05) is 0 Å². The van der Waals surface area contributed by atoms with Crippen LogP contribution < -0.4 is 5.46 Å². The molecule has 0 saturated heterocycles. The fourth-order valence-electron chi connectivity index (χ4n) is 1.64. The van der Waals surface area contributed by atoms with Gasteiger partial charge in [-0.25, -0.2) is 4.98 Å². The molecule has 0 spiro atoms. The first kappa shape index (κ1) is 9.24. The molecule has 0 aromatic carbocycles. The maximum atomic E-state index is 9.17. The van der Waals surface area contributed by atoms with Crippen LogP contribution in [0.15, 0.2) is 12.3 Å². The number of pyridine rings is 1. The summed E-state index contributed by atoms with van der Waals surface area (Å²) in [6.07, 6.45) is 1.56. The molecule has 0 fully saturated rings. The summed E-state index contributed by atoms with van der Waals surface area (Å²) in [6.45, 7) is 3.87. The SMILES string of the molecule is Cc1[nH]c2nccc(B(O)O)c2c1C. The molecular weight excluding hydrogens is 179 g/mol. The number of hydrogen-bond acceptors (Lipinski definition) is 3. The van der Waals surface area contributed by atoms with E-state index in [1.165, 1.54) is 0 Å². The van der Waals surface area contributed by atoms with Gasteiger partial charge in [0.05, 0.1) is 0 Å². The average Bonchev–Trinajstić information content (AvgIpc) is 2.43. The highest BCUT2D eigenvalue weighted by Crippen LogP contribution is 2.17. The van der Waals surface area contributed by atoms with Crippen LogP contribution in [0, 0.1) is 13.8 Å². The number of aromatic amines is 1. The van der Waals surface area contributed by atoms with Crippen molar-refractivity contribution in [3.8, 4) is 0 Å². The van der Waals surface area contributed by atoms with E-state index in [0.29, 0.717) is 11.1 Å². The molecule has 0 aliphatic carbocycles. The second-order valence-electron chi connectivity index (χ2n) is 3.37. The maximum absolute atomic E-state index is 9.17. The third-order valence-electron chi connectivity index (χ3n) is 2.50. The zero-order valence-corrected chi connectivity index (χ0v) is 8.07. The van der Waals surface area contributed by atoms with Crippen molar-refractivity contribution in [2.45, 2.75) is 13.8 Å². The van der Waals surface area contributed by atoms with E-state index in [2.05, 4.69) is 9.97 Å². The van der Waals surface area contributed by atoms with Crippen LogP contribution in [-0.2, 0) is 0 Å². The minimum absolute atomic E-state index is 0.497. The van der Waals surface area contributed by atoms with Crippen molar-refractivity contribution in [2.75, 3.05) is 0 Å². The highest BCUT2D eigenvalue weighted by atomic mass is 16.4. The normalized spacial score (nSPS) is 10.9. The standard InChI is InChI=1S/C9H11BN2O2/c1-5-6(2)12-9-8(5)7(10(13)14)3-4-11-9/h3-4,13-14H,1-2H3,(H,11,12). The number of hydrogen-bond donors (Lipinski definition) is 3. The van der Waals surface area contributed by atoms with Crippen LogP contribution in [-0.4, -0.2) is 27.1 Å². The minimum Gasteiger partial charge on any atom is -0.423 e. The molecule has 0 amide bonds. The monoisotopic (exact) mass is 190 g/mol. The molecular formula is C9H11BN2O2. The predicted molar refractivity (Wildman–Crippen MR) is 55.4 cm³/mol. The topological polar surface area (TPSA) is 69.1 Å². The first-order chi connectivity index (χ1) is 6.61. The Labute approximate surface area is 81.8 Å². The fraction of sp³-hybridized carbons (Fsp3) is 0.222. The summed E-state index contributed by atoms with van der Waals surface area (Å²) in [7, 11) is -1.45. The van der Waals surface area contributed by atoms with E-state index in [9.17, 15) is 0 Å². The van der Waals surface area contributed by atoms with Crippen molar-refractivity contribution in [3.63, 3.8) is 0 Å². The van der Waals surface area contributed by atoms with Crippen molar-refractivity contribution in [1.82, 2.24) is 9.97 Å². The Kier molecular flexibility index (Phi) is 2.05. The molecule has 0 aliphatic heterocycles. The van der Waals surface area contributed by atoms with Crippen LogP contribution in [0.4, 0.5) is 0 Å². The molecule has 14 heavy (non-hydrogen) atoms. The van der Waals surface area contributed by atoms with Crippen molar-refractivity contribution < 1.29 is 10.0 Å². The van der Waals surface area contributed by atoms with Gasteiger partial charge in [-0.2, -0.15) is 0 Å². The van der Waals surface area contributed by atoms with Crippen molar-refractivity contribution in [1.29, 1.82) is 0 Å². The molecule has 2 aromatic heterocycles. The molecule has 0 aliphatic rings. The Morgan fingerprint density at radius 2 is 2.07 bits per heavy atom. The lowest BCUT2D eigenvalue weighted by Gasteiger charge is -2.01. The zero-order chi connectivity index (χ0) is 10.3. The Balaban J connectivity index is 2.84. The van der Waals surface area contributed by atoms with Gasteiger partial charge in [0.1, 0.15) is 5.65 Å². The van der Waals surface area contributed by atoms with Gasteiger partial charge in [0.25, 0.3) is 0 Å². The lowest BCUT2D eigenvalue weighted by molar-refractivity contribution is 0.426. The van der Waals surface area contributed by atoms with Gasteiger partial charge in [-0.3, -0.25) is 0 Å². The summed E-state index contributed by atoms with van der Waals surface area (Å²) >= 11 is 0. The molecule has 0 unspecified atom stereocenters. The van der Waals surface area contributed by atoms with Crippen LogP contribution in [0.1, 0.15) is 11.3 Å². The van der Waals surface area contributed by atoms with E-state index in [1.54, 1.807) is 12.3 Å². The summed E-state index contributed by atoms with van der Waals surface area (Å²) in [6, 6.07) is 1.62. The minimum atomic E-state index is -1.45. The van der Waals surface area contributed by atoms with E-state index in [0.717, 1.165) is 16.6 Å². The van der Waals surface area contributed by atoms with Gasteiger partial charge in [0, 0.05) is 17.3 Å². The van der Waals surface area contributed by atoms with E-state index in [1.807, 2.05) is 13.8 Å². The number of rotatable bonds is 1. The Hall–Kier alpha value is -1.33. The Morgan fingerprint density at radius 1 is 1.36 bits per heavy atom. The molecule has 2 rings (SSSR count). The van der Waals surface area contributed by atoms with Crippen molar-refractivity contribution in [2.24, 2.45) is 0 Å². The first-order valence-corrected chi connectivity index (χ1v) is 4.41. The summed E-state index contributed by atoms with van der Waals surface area (Å²) in [4.78, 5) is 7.22. The fourth-order valence-corrected chi connectivity index (χ4v) is 1.64. The zero-order valence-electron chi connectivity index (χ0n) is 8.07. The Morgan fingerprint density at radius 3 is 2.71 bits per heavy atom. The van der Waals surface area contributed by atoms with Gasteiger partial charge >= 0.3 is 7.12 Å². The van der Waals surface area contributed by atoms with Crippen LogP contribution in [0.2, 0.25) is 0 Å². The number of nitrogens with one attached hydrogen (secondary N) is 1. The molecule has 0 saturated carbocycles. The highest BCUT2D eigenvalue weighted by molar-refractivity contribution is 6.62. The summed E-state index contributed by atoms with van der Waals surface area (Å²) < 4.78 is 0. The highest BCUT2D eigenvalue weighted by Gasteiger charge is 2.18. The second kappa shape index (κ2) is 3.11. The van der Waals surface area contributed by atoms with E-state index in [4.69, 9.17) is 10.0 Å². The third kappa shape index (κ3) is 1.22. The molecule has 0 bridgehead atoms. The summed E-state index contributed by atoms with van der Waals surface area (Å²) in [5.41, 5.74) is 3.21. The Bertz CT molecular complexity index is 479. The first-order valence-electron chi connectivity index (χ1n) is 4.41. The number of fused-ring (bicyclic) bond motifs is 1. The molecule has 4 nitrogen and oxygen atoms in total. The number of aryl methyl sites for hydroxylation is 2. The van der Waals surface area contributed by atoms with Gasteiger partial charge in [0.15, 0.2) is 0 Å². The predicted octanol–water partition coefficient (Wildman–Crippen LogP) is -0.140. The van der Waals surface area contributed by atoms with Crippen molar-refractivity contribution >= 4 is 23.6 Å². The average molecular weight is 190 g/mol. The van der Waals surface area contributed by atoms with Crippen LogP contribution in [0.3, 0.4) is 0 Å². The van der Waals surface area contributed by atoms with Crippen LogP contribution in [0.25, 0.3) is 11.0 Å². The van der Waals surface area contributed by atoms with Gasteiger partial charge < -0.3 is 15.0 Å². The number of H-pyrrole nitrogens is 1. The van der Waals surface area contributed by atoms with E-state index >= 15 is 0 Å². The summed E-state index contributed by atoms with van der Waals surface area (Å²) in [5.74, 6) is 0. The molecule has 2 heterocycles. The van der Waals surface area contributed by atoms with Crippen LogP contribution >= 0.6 is 0 Å². The van der Waals surface area contributed by atoms with Gasteiger partial charge in [0.2, 0.25) is 0 Å². The number of nitrogens with zero attached hydrogens (tertiary/aromatic N) is 1. The quantitative estimate of drug-likeness (QED) is 0.548. The van der Waals surface area contributed by atoms with E-state index in [-0.39, 0.29) is 0 Å². The molecule has 5 heteroatoms. The molecule has 72 valence electrons. The van der Waals surface area contributed by atoms with Gasteiger partial charge in [-0.15, -0.1) is 0 Å². The van der Waals surface area contributed by atoms with E-state index < -0.39 is 7.12 Å². The number of aromatic nitrogens is 2. The second-order valence-corrected chi connectivity index (χ2v) is 3.37. The lowest BCUT2D eigenvalue weighted by Crippen LogP contribution is -2.30. The smallest absolute Gasteiger partial charge is 0.423 e. The summed E-state index contributed by atoms with van der Waals surface area (Å²) in [5, 5.41) is 19.1. The van der Waals surface area contributed by atoms with Crippen molar-refractivity contribution in [3.05, 3.63) is 23.5 Å². The van der Waals surface area contributed by atoms with Crippen LogP contribution in [0.5, 0.6) is 0 Å². The third-order valence-corrected chi connectivity index (χ3v) is 2.50.